The Hall–Kier alpha value is -0.850. The third kappa shape index (κ3) is 3.58. The molecular weight excluding hydrogens is 442 g/mol. The molecule has 0 fully saturated rings. The van der Waals surface area contributed by atoms with Crippen LogP contribution >= 0.6 is 47.8 Å². The van der Waals surface area contributed by atoms with E-state index in [1.807, 2.05) is 12.1 Å². The topological polar surface area (TPSA) is 49.3 Å². The van der Waals surface area contributed by atoms with Crippen LogP contribution in [0.15, 0.2) is 49.8 Å². The summed E-state index contributed by atoms with van der Waals surface area (Å²) >= 11 is 9.88. The van der Waals surface area contributed by atoms with Gasteiger partial charge in [0.2, 0.25) is 0 Å². The van der Waals surface area contributed by atoms with Crippen molar-refractivity contribution >= 4 is 59.4 Å². The van der Waals surface area contributed by atoms with Gasteiger partial charge in [-0.1, -0.05) is 15.9 Å². The van der Waals surface area contributed by atoms with E-state index in [1.165, 1.54) is 6.07 Å². The third-order valence-corrected chi connectivity index (χ3v) is 4.76. The van der Waals surface area contributed by atoms with Gasteiger partial charge in [-0.2, -0.15) is 0 Å². The van der Waals surface area contributed by atoms with E-state index in [2.05, 4.69) is 53.1 Å². The Morgan fingerprint density at radius 3 is 2.21 bits per heavy atom. The van der Waals surface area contributed by atoms with E-state index in [4.69, 9.17) is 0 Å². The smallest absolute Gasteiger partial charge is 0.259 e. The number of anilines is 1. The van der Waals surface area contributed by atoms with Crippen LogP contribution in [0.25, 0.3) is 0 Å². The fraction of sp³-hybridized carbons (Fsp3) is 0. The van der Waals surface area contributed by atoms with Crippen molar-refractivity contribution in [1.29, 1.82) is 0 Å². The molecule has 19 heavy (non-hydrogen) atoms. The maximum Gasteiger partial charge on any atom is 0.259 e. The minimum atomic E-state index is -0.368. The Labute approximate surface area is 135 Å². The molecule has 0 atom stereocenters. The standard InChI is InChI=1S/C13H8Br3NO2/c14-7-1-3-8(4-2-7)17-13(19)9-5-10(15)11(16)6-12(9)18/h1-6,18H,(H,17,19). The van der Waals surface area contributed by atoms with Crippen LogP contribution in [0.5, 0.6) is 5.75 Å². The molecule has 0 aliphatic rings. The van der Waals surface area contributed by atoms with E-state index in [0.29, 0.717) is 14.6 Å². The van der Waals surface area contributed by atoms with Gasteiger partial charge in [-0.05, 0) is 68.3 Å². The van der Waals surface area contributed by atoms with E-state index in [-0.39, 0.29) is 17.2 Å². The second-order valence-electron chi connectivity index (χ2n) is 3.74. The number of carbonyl (C=O) groups is 1. The van der Waals surface area contributed by atoms with Crippen molar-refractivity contribution in [3.63, 3.8) is 0 Å². The molecule has 3 nitrogen and oxygen atoms in total. The van der Waals surface area contributed by atoms with Gasteiger partial charge < -0.3 is 10.4 Å². The molecule has 0 unspecified atom stereocenters. The Kier molecular flexibility index (Phi) is 4.65. The maximum absolute atomic E-state index is 12.1. The van der Waals surface area contributed by atoms with E-state index in [9.17, 15) is 9.90 Å². The second kappa shape index (κ2) is 6.07. The summed E-state index contributed by atoms with van der Waals surface area (Å²) in [6, 6.07) is 10.2. The molecule has 2 N–H and O–H groups in total. The fourth-order valence-corrected chi connectivity index (χ4v) is 2.39. The molecule has 0 bridgehead atoms. The third-order valence-electron chi connectivity index (χ3n) is 2.39. The molecule has 2 aromatic rings. The molecule has 0 spiro atoms. The van der Waals surface area contributed by atoms with Gasteiger partial charge >= 0.3 is 0 Å². The van der Waals surface area contributed by atoms with E-state index >= 15 is 0 Å². The molecule has 0 heterocycles. The monoisotopic (exact) mass is 447 g/mol. The van der Waals surface area contributed by atoms with Gasteiger partial charge in [-0.3, -0.25) is 4.79 Å². The van der Waals surface area contributed by atoms with Crippen molar-refractivity contribution in [1.82, 2.24) is 0 Å². The summed E-state index contributed by atoms with van der Waals surface area (Å²) in [4.78, 5) is 12.1. The summed E-state index contributed by atoms with van der Waals surface area (Å²) in [6.45, 7) is 0. The average Bonchev–Trinajstić information content (AvgIpc) is 2.36. The molecule has 0 aromatic heterocycles. The maximum atomic E-state index is 12.1. The van der Waals surface area contributed by atoms with E-state index in [1.54, 1.807) is 18.2 Å². The number of rotatable bonds is 2. The van der Waals surface area contributed by atoms with Crippen molar-refractivity contribution in [2.24, 2.45) is 0 Å². The van der Waals surface area contributed by atoms with Crippen LogP contribution in [0.1, 0.15) is 10.4 Å². The van der Waals surface area contributed by atoms with Gasteiger partial charge in [0.25, 0.3) is 5.91 Å². The van der Waals surface area contributed by atoms with Gasteiger partial charge in [0, 0.05) is 19.1 Å². The number of amides is 1. The molecule has 2 aromatic carbocycles. The molecule has 6 heteroatoms. The molecule has 1 amide bonds. The van der Waals surface area contributed by atoms with Crippen LogP contribution in [-0.4, -0.2) is 11.0 Å². The minimum Gasteiger partial charge on any atom is -0.507 e. The predicted octanol–water partition coefficient (Wildman–Crippen LogP) is 4.93. The summed E-state index contributed by atoms with van der Waals surface area (Å²) in [6.07, 6.45) is 0. The lowest BCUT2D eigenvalue weighted by Gasteiger charge is -2.08. The van der Waals surface area contributed by atoms with Crippen LogP contribution in [0, 0.1) is 0 Å². The summed E-state index contributed by atoms with van der Waals surface area (Å²) < 4.78 is 2.32. The first-order valence-corrected chi connectivity index (χ1v) is 7.60. The van der Waals surface area contributed by atoms with Crippen molar-refractivity contribution in [3.8, 4) is 5.75 Å². The molecule has 0 aliphatic heterocycles. The van der Waals surface area contributed by atoms with Crippen LogP contribution < -0.4 is 5.32 Å². The van der Waals surface area contributed by atoms with Crippen LogP contribution in [0.4, 0.5) is 5.69 Å². The SMILES string of the molecule is O=C(Nc1ccc(Br)cc1)c1cc(Br)c(Br)cc1O. The van der Waals surface area contributed by atoms with Gasteiger partial charge in [0.15, 0.2) is 0 Å². The summed E-state index contributed by atoms with van der Waals surface area (Å²) in [5, 5.41) is 12.5. The molecule has 2 rings (SSSR count). The van der Waals surface area contributed by atoms with E-state index in [0.717, 1.165) is 4.47 Å². The fourth-order valence-electron chi connectivity index (χ4n) is 1.45. The van der Waals surface area contributed by atoms with Crippen molar-refractivity contribution in [3.05, 3.63) is 55.4 Å². The normalized spacial score (nSPS) is 10.3. The molecule has 0 saturated heterocycles. The number of hydrogen-bond acceptors (Lipinski definition) is 2. The zero-order valence-corrected chi connectivity index (χ0v) is 14.2. The Bertz CT molecular complexity index is 627. The number of aromatic hydroxyl groups is 1. The van der Waals surface area contributed by atoms with Crippen molar-refractivity contribution in [2.75, 3.05) is 5.32 Å². The van der Waals surface area contributed by atoms with Gasteiger partial charge in [-0.25, -0.2) is 0 Å². The lowest BCUT2D eigenvalue weighted by atomic mass is 10.2. The van der Waals surface area contributed by atoms with Crippen LogP contribution in [0.3, 0.4) is 0 Å². The highest BCUT2D eigenvalue weighted by Gasteiger charge is 2.13. The number of phenols is 1. The van der Waals surface area contributed by atoms with Gasteiger partial charge in [0.05, 0.1) is 5.56 Å². The number of phenolic OH excluding ortho intramolecular Hbond substituents is 1. The Morgan fingerprint density at radius 2 is 1.58 bits per heavy atom. The van der Waals surface area contributed by atoms with Gasteiger partial charge in [0.1, 0.15) is 5.75 Å². The number of benzene rings is 2. The molecule has 0 saturated carbocycles. The van der Waals surface area contributed by atoms with Crippen molar-refractivity contribution < 1.29 is 9.90 Å². The van der Waals surface area contributed by atoms with E-state index < -0.39 is 0 Å². The highest BCUT2D eigenvalue weighted by molar-refractivity contribution is 9.13. The molecule has 98 valence electrons. The average molecular weight is 450 g/mol. The first-order chi connectivity index (χ1) is 8.97. The van der Waals surface area contributed by atoms with Crippen LogP contribution in [-0.2, 0) is 0 Å². The lowest BCUT2D eigenvalue weighted by Crippen LogP contribution is -2.12. The Morgan fingerprint density at radius 1 is 1.00 bits per heavy atom. The second-order valence-corrected chi connectivity index (χ2v) is 6.37. The number of nitrogens with one attached hydrogen (secondary N) is 1. The summed E-state index contributed by atoms with van der Waals surface area (Å²) in [5.74, 6) is -0.447. The summed E-state index contributed by atoms with van der Waals surface area (Å²) in [7, 11) is 0. The predicted molar refractivity (Wildman–Crippen MR) is 85.6 cm³/mol. The number of halogens is 3. The number of carbonyl (C=O) groups excluding carboxylic acids is 1. The van der Waals surface area contributed by atoms with Gasteiger partial charge in [-0.15, -0.1) is 0 Å². The lowest BCUT2D eigenvalue weighted by molar-refractivity contribution is 0.102. The highest BCUT2D eigenvalue weighted by atomic mass is 79.9. The molecule has 0 aliphatic carbocycles. The highest BCUT2D eigenvalue weighted by Crippen LogP contribution is 2.31. The van der Waals surface area contributed by atoms with Crippen LogP contribution in [0.2, 0.25) is 0 Å². The zero-order valence-electron chi connectivity index (χ0n) is 9.45. The molecule has 0 radical (unpaired) electrons. The van der Waals surface area contributed by atoms with Crippen molar-refractivity contribution in [2.45, 2.75) is 0 Å². The largest absolute Gasteiger partial charge is 0.507 e. The Balaban J connectivity index is 2.25. The first-order valence-electron chi connectivity index (χ1n) is 5.22. The first kappa shape index (κ1) is 14.6. The number of hydrogen-bond donors (Lipinski definition) is 2. The minimum absolute atomic E-state index is 0.0790. The molecular formula is C13H8Br3NO2. The zero-order chi connectivity index (χ0) is 14.0. The quantitative estimate of drug-likeness (QED) is 0.682. The summed E-state index contributed by atoms with van der Waals surface area (Å²) in [5.41, 5.74) is 0.865.